The molecule has 7 aliphatic carbocycles. The second kappa shape index (κ2) is 11.2. The quantitative estimate of drug-likeness (QED) is 0.378. The summed E-state index contributed by atoms with van der Waals surface area (Å²) >= 11 is 0. The highest BCUT2D eigenvalue weighted by Crippen LogP contribution is 2.64. The van der Waals surface area contributed by atoms with Crippen LogP contribution in [0.1, 0.15) is 121 Å². The van der Waals surface area contributed by atoms with Gasteiger partial charge in [0.05, 0.1) is 12.7 Å². The molecule has 3 N–H and O–H groups in total. The summed E-state index contributed by atoms with van der Waals surface area (Å²) in [4.78, 5) is 24.0. The number of ketones is 2. The number of allylic oxidation sites excluding steroid dienone is 4. The van der Waals surface area contributed by atoms with E-state index in [1.807, 2.05) is 6.08 Å². The molecule has 1 aromatic rings. The Morgan fingerprint density at radius 1 is 0.886 bits per heavy atom. The predicted octanol–water partition coefficient (Wildman–Crippen LogP) is 7.39. The van der Waals surface area contributed by atoms with E-state index >= 15 is 0 Å². The number of rotatable bonds is 3. The van der Waals surface area contributed by atoms with Crippen molar-refractivity contribution in [2.45, 2.75) is 122 Å². The van der Waals surface area contributed by atoms with Crippen molar-refractivity contribution in [2.75, 3.05) is 13.7 Å². The van der Waals surface area contributed by atoms with E-state index < -0.39 is 5.60 Å². The van der Waals surface area contributed by atoms with Gasteiger partial charge >= 0.3 is 0 Å². The zero-order valence-electron chi connectivity index (χ0n) is 27.3. The molecule has 0 bridgehead atoms. The number of carbonyl (C=O) groups excluding carboxylic acids is 2. The van der Waals surface area contributed by atoms with Gasteiger partial charge < -0.3 is 15.6 Å². The molecule has 5 nitrogen and oxygen atoms in total. The van der Waals surface area contributed by atoms with Gasteiger partial charge in [-0.3, -0.25) is 9.59 Å². The monoisotopic (exact) mass is 599 g/mol. The van der Waals surface area contributed by atoms with Crippen LogP contribution in [0.25, 0.3) is 0 Å². The van der Waals surface area contributed by atoms with Gasteiger partial charge in [-0.1, -0.05) is 25.5 Å². The van der Waals surface area contributed by atoms with E-state index in [4.69, 9.17) is 10.5 Å². The number of ether oxygens (including phenoxy) is 1. The average Bonchev–Trinajstić information content (AvgIpc) is 3.48. The number of fused-ring (bicyclic) bond motifs is 9. The van der Waals surface area contributed by atoms with E-state index in [0.29, 0.717) is 48.2 Å². The van der Waals surface area contributed by atoms with Gasteiger partial charge in [0.15, 0.2) is 5.78 Å². The van der Waals surface area contributed by atoms with Gasteiger partial charge in [0.1, 0.15) is 11.5 Å². The molecule has 0 aromatic heterocycles. The molecule has 5 heteroatoms. The molecule has 0 aliphatic heterocycles. The number of aryl methyl sites for hydroxylation is 1. The highest BCUT2D eigenvalue weighted by atomic mass is 16.5. The van der Waals surface area contributed by atoms with Crippen LogP contribution in [0.4, 0.5) is 0 Å². The van der Waals surface area contributed by atoms with Crippen molar-refractivity contribution in [2.24, 2.45) is 40.2 Å². The maximum absolute atomic E-state index is 12.3. The van der Waals surface area contributed by atoms with Gasteiger partial charge in [0, 0.05) is 23.7 Å². The number of benzene rings is 1. The van der Waals surface area contributed by atoms with Gasteiger partial charge in [-0.15, -0.1) is 0 Å². The van der Waals surface area contributed by atoms with Crippen LogP contribution < -0.4 is 10.5 Å². The molecule has 7 aliphatic rings. The summed E-state index contributed by atoms with van der Waals surface area (Å²) in [5.74, 6) is 5.05. The van der Waals surface area contributed by atoms with E-state index in [-0.39, 0.29) is 10.8 Å². The van der Waals surface area contributed by atoms with Crippen molar-refractivity contribution in [1.29, 1.82) is 0 Å². The Hall–Kier alpha value is -2.24. The minimum atomic E-state index is -0.568. The third-order valence-corrected chi connectivity index (χ3v) is 14.3. The fraction of sp³-hybridized carbons (Fsp3) is 0.692. The van der Waals surface area contributed by atoms with Crippen molar-refractivity contribution in [3.63, 3.8) is 0 Å². The molecular weight excluding hydrogens is 546 g/mol. The summed E-state index contributed by atoms with van der Waals surface area (Å²) in [6.07, 6.45) is 17.3. The van der Waals surface area contributed by atoms with Crippen molar-refractivity contribution >= 4 is 11.6 Å². The van der Waals surface area contributed by atoms with Gasteiger partial charge in [-0.05, 0) is 160 Å². The summed E-state index contributed by atoms with van der Waals surface area (Å²) in [5, 5.41) is 11.3. The van der Waals surface area contributed by atoms with Crippen LogP contribution in [0.3, 0.4) is 0 Å². The van der Waals surface area contributed by atoms with Crippen molar-refractivity contribution in [3.8, 4) is 5.75 Å². The molecule has 44 heavy (non-hydrogen) atoms. The molecule has 0 spiro atoms. The highest BCUT2D eigenvalue weighted by molar-refractivity contribution is 5.93. The number of hydrogen-bond acceptors (Lipinski definition) is 5. The lowest BCUT2D eigenvalue weighted by Gasteiger charge is -2.52. The molecule has 0 amide bonds. The fourth-order valence-corrected chi connectivity index (χ4v) is 11.7. The van der Waals surface area contributed by atoms with Crippen LogP contribution in [-0.4, -0.2) is 35.9 Å². The fourth-order valence-electron chi connectivity index (χ4n) is 11.7. The number of nitrogens with two attached hydrogens (primary N) is 1. The van der Waals surface area contributed by atoms with Crippen molar-refractivity contribution < 1.29 is 19.4 Å². The van der Waals surface area contributed by atoms with Crippen LogP contribution >= 0.6 is 0 Å². The Labute approximate surface area is 264 Å². The van der Waals surface area contributed by atoms with Crippen LogP contribution in [0.2, 0.25) is 0 Å². The zero-order chi connectivity index (χ0) is 30.9. The first-order valence-electron chi connectivity index (χ1n) is 17.7. The Balaban J connectivity index is 0.000000143. The topological polar surface area (TPSA) is 89.6 Å². The first-order valence-corrected chi connectivity index (χ1v) is 17.7. The second-order valence-electron chi connectivity index (χ2n) is 15.8. The number of carbonyl (C=O) groups is 2. The smallest absolute Gasteiger partial charge is 0.156 e. The third kappa shape index (κ3) is 4.62. The van der Waals surface area contributed by atoms with Crippen LogP contribution in [-0.2, 0) is 16.0 Å². The van der Waals surface area contributed by atoms with E-state index in [9.17, 15) is 14.7 Å². The minimum absolute atomic E-state index is 0.00879. The van der Waals surface area contributed by atoms with Crippen LogP contribution in [0, 0.1) is 34.5 Å². The summed E-state index contributed by atoms with van der Waals surface area (Å²) in [5.41, 5.74) is 12.7. The number of aliphatic hydroxyl groups is 1. The van der Waals surface area contributed by atoms with Crippen LogP contribution in [0.5, 0.6) is 5.75 Å². The molecule has 4 saturated carbocycles. The lowest BCUT2D eigenvalue weighted by atomic mass is 9.54. The first-order chi connectivity index (χ1) is 21.1. The largest absolute Gasteiger partial charge is 0.497 e. The SMILES string of the molecule is COc1ccc2c(c1)CCC1C2CC[C@]2(C)C(=O)CCC12.C[C@]12CCC3=C4CCC(=O)C=C4CCC3C1CC[C@@]2(O)CCN. The van der Waals surface area contributed by atoms with Crippen molar-refractivity contribution in [3.05, 3.63) is 52.1 Å². The Morgan fingerprint density at radius 2 is 1.73 bits per heavy atom. The molecule has 238 valence electrons. The van der Waals surface area contributed by atoms with Gasteiger partial charge in [-0.2, -0.15) is 0 Å². The molecule has 8 atom stereocenters. The number of methoxy groups -OCH3 is 1. The maximum Gasteiger partial charge on any atom is 0.156 e. The standard InChI is InChI=1S/C20H29NO2.C19H24O2/c1-19-8-6-16-15-5-3-14(22)12-13(15)2-4-17(16)18(19)7-9-20(19,23)10-11-21;1-19-10-9-15-14-6-4-13(21-2)11-12(14)3-5-16(15)17(19)7-8-18(19)20/h12,17-18,23H,2-11,21H2,1H3;4,6,11,15-17H,3,5,7-10H2,1-2H3/t17?,18?,19-,20+;15?,16?,17?,19-/m00/s1. The molecule has 8 rings (SSSR count). The Morgan fingerprint density at radius 3 is 2.52 bits per heavy atom. The average molecular weight is 600 g/mol. The zero-order valence-corrected chi connectivity index (χ0v) is 27.3. The molecule has 0 radical (unpaired) electrons. The van der Waals surface area contributed by atoms with E-state index in [2.05, 4.69) is 32.0 Å². The second-order valence-corrected chi connectivity index (χ2v) is 15.8. The maximum atomic E-state index is 12.3. The highest BCUT2D eigenvalue weighted by Gasteiger charge is 2.60. The molecule has 1 aromatic carbocycles. The summed E-state index contributed by atoms with van der Waals surface area (Å²) in [7, 11) is 1.74. The third-order valence-electron chi connectivity index (χ3n) is 14.3. The van der Waals surface area contributed by atoms with Gasteiger partial charge in [0.2, 0.25) is 0 Å². The summed E-state index contributed by atoms with van der Waals surface area (Å²) in [6.45, 7) is 5.14. The Bertz CT molecular complexity index is 1410. The number of Topliss-reactive ketones (excluding diaryl/α,β-unsaturated/α-hetero) is 1. The molecule has 0 saturated heterocycles. The molecule has 4 fully saturated rings. The predicted molar refractivity (Wildman–Crippen MR) is 173 cm³/mol. The molecule has 0 heterocycles. The van der Waals surface area contributed by atoms with Crippen LogP contribution in [0.15, 0.2) is 41.0 Å². The lowest BCUT2D eigenvalue weighted by Crippen LogP contribution is -2.50. The summed E-state index contributed by atoms with van der Waals surface area (Å²) in [6, 6.07) is 6.61. The van der Waals surface area contributed by atoms with E-state index in [1.165, 1.54) is 35.1 Å². The van der Waals surface area contributed by atoms with Gasteiger partial charge in [-0.25, -0.2) is 0 Å². The Kier molecular flexibility index (Phi) is 7.76. The van der Waals surface area contributed by atoms with Gasteiger partial charge in [0.25, 0.3) is 0 Å². The minimum Gasteiger partial charge on any atom is -0.497 e. The van der Waals surface area contributed by atoms with E-state index in [0.717, 1.165) is 88.7 Å². The summed E-state index contributed by atoms with van der Waals surface area (Å²) < 4.78 is 5.37. The van der Waals surface area contributed by atoms with Crippen molar-refractivity contribution in [1.82, 2.24) is 0 Å². The number of hydrogen-bond donors (Lipinski definition) is 2. The first kappa shape index (κ1) is 30.4. The lowest BCUT2D eigenvalue weighted by molar-refractivity contribution is -0.129. The molecule has 5 unspecified atom stereocenters. The normalized spacial score (nSPS) is 40.4. The molecular formula is C39H53NO4. The van der Waals surface area contributed by atoms with E-state index in [1.54, 1.807) is 12.7 Å².